The Balaban J connectivity index is 0. The molecular weight excluding hydrogens is 329 g/mol. The fraction of sp³-hybridized carbons (Fsp3) is 0.385. The van der Waals surface area contributed by atoms with Gasteiger partial charge in [-0.25, -0.2) is 9.78 Å². The predicted octanol–water partition coefficient (Wildman–Crippen LogP) is -2.42. The average molecular weight is 348 g/mol. The Hall–Kier alpha value is 0.170. The largest absolute Gasteiger partial charge is 1.00 e. The summed E-state index contributed by atoms with van der Waals surface area (Å²) in [7, 11) is 0.353. The van der Waals surface area contributed by atoms with Gasteiger partial charge in [0, 0.05) is 26.5 Å². The summed E-state index contributed by atoms with van der Waals surface area (Å²) in [6.45, 7) is 6.59. The van der Waals surface area contributed by atoms with Crippen LogP contribution in [0.4, 0.5) is 0 Å². The van der Waals surface area contributed by atoms with Gasteiger partial charge in [-0.05, 0) is 12.1 Å². The number of carboxylic acids is 1. The van der Waals surface area contributed by atoms with Gasteiger partial charge in [0.15, 0.2) is 0 Å². The van der Waals surface area contributed by atoms with Gasteiger partial charge in [-0.15, -0.1) is 9.28 Å². The maximum Gasteiger partial charge on any atom is 1.00 e. The number of hydrogen-bond acceptors (Lipinski definition) is 4. The van der Waals surface area contributed by atoms with Crippen LogP contribution in [0.3, 0.4) is 0 Å². The van der Waals surface area contributed by atoms with Gasteiger partial charge in [-0.2, -0.15) is 0 Å². The molecular formula is C13H18KNO4Si2. The van der Waals surface area contributed by atoms with E-state index in [1.165, 1.54) is 12.3 Å². The van der Waals surface area contributed by atoms with Crippen LogP contribution < -0.4 is 56.2 Å². The van der Waals surface area contributed by atoms with Crippen molar-refractivity contribution >= 4 is 22.8 Å². The van der Waals surface area contributed by atoms with E-state index in [0.717, 1.165) is 0 Å². The number of carboxylic acid groups (broad SMARTS) is 1. The van der Waals surface area contributed by atoms with Crippen LogP contribution in [-0.2, 0) is 4.74 Å². The monoisotopic (exact) mass is 347 g/mol. The quantitative estimate of drug-likeness (QED) is 0.486. The molecule has 1 aromatic heterocycles. The van der Waals surface area contributed by atoms with Crippen molar-refractivity contribution in [1.82, 2.24) is 4.98 Å². The number of hydrogen-bond donors (Lipinski definition) is 1. The fourth-order valence-electron chi connectivity index (χ4n) is 0.805. The van der Waals surface area contributed by atoms with Crippen molar-refractivity contribution in [3.8, 4) is 11.8 Å². The van der Waals surface area contributed by atoms with Crippen molar-refractivity contribution in [1.29, 1.82) is 0 Å². The fourth-order valence-corrected chi connectivity index (χ4v) is 0.805. The molecule has 1 N–H and O–H groups in total. The molecule has 0 saturated carbocycles. The molecule has 21 heavy (non-hydrogen) atoms. The summed E-state index contributed by atoms with van der Waals surface area (Å²) in [6, 6.07) is 3.03. The second-order valence-electron chi connectivity index (χ2n) is 4.82. The Morgan fingerprint density at radius 1 is 1.48 bits per heavy atom. The summed E-state index contributed by atoms with van der Waals surface area (Å²) in [5.74, 6) is 4.48. The van der Waals surface area contributed by atoms with Crippen LogP contribution in [0, 0.1) is 11.8 Å². The van der Waals surface area contributed by atoms with E-state index in [0.29, 0.717) is 12.2 Å². The van der Waals surface area contributed by atoms with Crippen molar-refractivity contribution in [2.24, 2.45) is 0 Å². The number of aromatic nitrogens is 1. The Morgan fingerprint density at radius 2 is 2.05 bits per heavy atom. The summed E-state index contributed by atoms with van der Waals surface area (Å²) in [5.41, 5.74) is 0.689. The first-order valence-corrected chi connectivity index (χ1v) is 11.3. The Bertz CT molecular complexity index is 478. The van der Waals surface area contributed by atoms with Gasteiger partial charge in [-0.1, -0.05) is 31.5 Å². The van der Waals surface area contributed by atoms with E-state index in [4.69, 9.17) is 9.84 Å². The molecule has 0 aliphatic carbocycles. The SMILES string of the molecule is COCC#Cc1ccc(C(=O)O)nc1.C[Si](C)(C)[Si][O-].[K+]. The van der Waals surface area contributed by atoms with E-state index in [2.05, 4.69) is 36.5 Å². The topological polar surface area (TPSA) is 82.5 Å². The molecule has 0 aliphatic heterocycles. The maximum atomic E-state index is 10.5. The van der Waals surface area contributed by atoms with Crippen LogP contribution in [0.5, 0.6) is 0 Å². The van der Waals surface area contributed by atoms with Crippen LogP contribution in [0.15, 0.2) is 18.3 Å². The van der Waals surface area contributed by atoms with Crippen molar-refractivity contribution in [2.75, 3.05) is 13.7 Å². The normalized spacial score (nSPS) is 9.38. The predicted molar refractivity (Wildman–Crippen MR) is 79.1 cm³/mol. The first-order chi connectivity index (χ1) is 9.30. The first kappa shape index (κ1) is 23.4. The minimum absolute atomic E-state index is 0. The van der Waals surface area contributed by atoms with Crippen molar-refractivity contribution < 1.29 is 70.8 Å². The number of rotatable bonds is 3. The van der Waals surface area contributed by atoms with E-state index < -0.39 is 13.6 Å². The van der Waals surface area contributed by atoms with Crippen molar-refractivity contribution in [2.45, 2.75) is 19.6 Å². The maximum absolute atomic E-state index is 10.5. The molecule has 0 aromatic carbocycles. The van der Waals surface area contributed by atoms with Gasteiger partial charge in [0.2, 0.25) is 0 Å². The van der Waals surface area contributed by atoms with Gasteiger partial charge in [0.1, 0.15) is 12.3 Å². The standard InChI is InChI=1S/C10H9NO3.C3H9OSi2.K/c1-14-6-2-3-8-4-5-9(10(12)13)11-7-8;1-6(2,3)5-4;/h4-5,7H,6H2,1H3,(H,12,13);1-3H3;/q;-1;+1. The van der Waals surface area contributed by atoms with Crippen LogP contribution in [-0.4, -0.2) is 46.6 Å². The van der Waals surface area contributed by atoms with Gasteiger partial charge in [0.25, 0.3) is 0 Å². The number of methoxy groups -OCH3 is 1. The summed E-state index contributed by atoms with van der Waals surface area (Å²) >= 11 is 0. The minimum atomic E-state index is -1.16. The van der Waals surface area contributed by atoms with Crippen molar-refractivity contribution in [3.63, 3.8) is 0 Å². The molecule has 1 rings (SSSR count). The third-order valence-corrected chi connectivity index (χ3v) is 4.19. The zero-order chi connectivity index (χ0) is 15.6. The molecule has 8 heteroatoms. The number of nitrogens with zero attached hydrogens (tertiary/aromatic N) is 1. The molecule has 0 spiro atoms. The van der Waals surface area contributed by atoms with Gasteiger partial charge in [0.05, 0.1) is 0 Å². The molecule has 0 bridgehead atoms. The van der Waals surface area contributed by atoms with Crippen LogP contribution in [0.2, 0.25) is 19.6 Å². The van der Waals surface area contributed by atoms with Gasteiger partial charge < -0.3 is 14.6 Å². The zero-order valence-corrected chi connectivity index (χ0v) is 18.2. The third-order valence-electron chi connectivity index (χ3n) is 1.74. The van der Waals surface area contributed by atoms with Crippen LogP contribution >= 0.6 is 0 Å². The number of ether oxygens (including phenoxy) is 1. The van der Waals surface area contributed by atoms with E-state index in [9.17, 15) is 9.59 Å². The molecule has 0 atom stereocenters. The minimum Gasteiger partial charge on any atom is -0.865 e. The van der Waals surface area contributed by atoms with E-state index >= 15 is 0 Å². The summed E-state index contributed by atoms with van der Waals surface area (Å²) < 4.78 is 4.74. The molecule has 0 unspecified atom stereocenters. The number of pyridine rings is 1. The Labute approximate surface area is 171 Å². The van der Waals surface area contributed by atoms with Crippen molar-refractivity contribution in [3.05, 3.63) is 29.6 Å². The van der Waals surface area contributed by atoms with Gasteiger partial charge in [-0.3, -0.25) is 0 Å². The molecule has 5 nitrogen and oxygen atoms in total. The first-order valence-electron chi connectivity index (χ1n) is 5.86. The van der Waals surface area contributed by atoms with E-state index in [1.54, 1.807) is 13.2 Å². The average Bonchev–Trinajstić information content (AvgIpc) is 2.39. The molecule has 1 heterocycles. The van der Waals surface area contributed by atoms with Crippen LogP contribution in [0.25, 0.3) is 0 Å². The molecule has 0 fully saturated rings. The molecule has 0 aliphatic rings. The smallest absolute Gasteiger partial charge is 0.865 e. The van der Waals surface area contributed by atoms with Gasteiger partial charge >= 0.3 is 57.4 Å². The summed E-state index contributed by atoms with van der Waals surface area (Å²) in [4.78, 5) is 24.2. The zero-order valence-electron chi connectivity index (χ0n) is 13.1. The number of aromatic carboxylic acids is 1. The molecule has 1 aromatic rings. The Morgan fingerprint density at radius 3 is 2.38 bits per heavy atom. The second kappa shape index (κ2) is 12.7. The second-order valence-corrected chi connectivity index (χ2v) is 14.6. The molecule has 0 saturated heterocycles. The van der Waals surface area contributed by atoms with E-state index in [-0.39, 0.29) is 66.4 Å². The Kier molecular flexibility index (Phi) is 14.2. The number of carbonyl (C=O) groups is 1. The van der Waals surface area contributed by atoms with E-state index in [1.807, 2.05) is 0 Å². The molecule has 0 amide bonds. The van der Waals surface area contributed by atoms with Crippen LogP contribution in [0.1, 0.15) is 16.1 Å². The summed E-state index contributed by atoms with van der Waals surface area (Å²) in [6.07, 6.45) is 1.42. The third kappa shape index (κ3) is 13.5. The summed E-state index contributed by atoms with van der Waals surface area (Å²) in [5, 5.41) is 8.57. The molecule has 2 radical (unpaired) electrons. The molecule has 108 valence electrons.